The van der Waals surface area contributed by atoms with Crippen molar-refractivity contribution in [1.82, 2.24) is 15.5 Å². The van der Waals surface area contributed by atoms with Crippen molar-refractivity contribution in [1.29, 1.82) is 0 Å². The summed E-state index contributed by atoms with van der Waals surface area (Å²) in [6.07, 6.45) is -3.36. The third kappa shape index (κ3) is 5.93. The Kier molecular flexibility index (Phi) is 8.28. The van der Waals surface area contributed by atoms with Crippen molar-refractivity contribution < 1.29 is 32.5 Å². The molecule has 3 rings (SSSR count). The highest BCUT2D eigenvalue weighted by atomic mass is 19.4. The molecule has 0 unspecified atom stereocenters. The number of piperidine rings is 1. The van der Waals surface area contributed by atoms with Gasteiger partial charge in [0, 0.05) is 37.4 Å². The first-order chi connectivity index (χ1) is 16.2. The highest BCUT2D eigenvalue weighted by Crippen LogP contribution is 2.39. The number of aromatic hydroxyl groups is 1. The molecule has 12 heteroatoms. The molecule has 0 bridgehead atoms. The summed E-state index contributed by atoms with van der Waals surface area (Å²) in [5, 5.41) is 25.1. The number of hydrogen-bond donors (Lipinski definition) is 4. The number of halogens is 3. The summed E-state index contributed by atoms with van der Waals surface area (Å²) in [5.74, 6) is -0.440. The summed E-state index contributed by atoms with van der Waals surface area (Å²) in [7, 11) is 1.34. The first-order valence-electron chi connectivity index (χ1n) is 10.8. The minimum absolute atomic E-state index is 0.0420. The lowest BCUT2D eigenvalue weighted by molar-refractivity contribution is -0.146. The average Bonchev–Trinajstić information content (AvgIpc) is 2.79. The van der Waals surface area contributed by atoms with Gasteiger partial charge in [-0.2, -0.15) is 13.2 Å². The average molecular weight is 483 g/mol. The van der Waals surface area contributed by atoms with E-state index >= 15 is 0 Å². The first kappa shape index (κ1) is 25.7. The molecule has 2 heterocycles. The van der Waals surface area contributed by atoms with Crippen LogP contribution in [0.2, 0.25) is 0 Å². The van der Waals surface area contributed by atoms with Crippen LogP contribution in [0.5, 0.6) is 5.75 Å². The summed E-state index contributed by atoms with van der Waals surface area (Å²) in [5.41, 5.74) is 5.87. The number of nitrogens with zero attached hydrogens (tertiary/aromatic N) is 2. The second-order valence-electron chi connectivity index (χ2n) is 7.90. The van der Waals surface area contributed by atoms with Crippen molar-refractivity contribution in [2.75, 3.05) is 25.6 Å². The molecule has 2 atom stereocenters. The van der Waals surface area contributed by atoms with Gasteiger partial charge in [0.05, 0.1) is 24.5 Å². The molecule has 0 spiro atoms. The van der Waals surface area contributed by atoms with Gasteiger partial charge in [-0.1, -0.05) is 0 Å². The summed E-state index contributed by atoms with van der Waals surface area (Å²) in [6.45, 7) is 2.49. The van der Waals surface area contributed by atoms with E-state index in [0.29, 0.717) is 43.4 Å². The van der Waals surface area contributed by atoms with Gasteiger partial charge in [0.25, 0.3) is 0 Å². The Morgan fingerprint density at radius 2 is 2.03 bits per heavy atom. The predicted octanol–water partition coefficient (Wildman–Crippen LogP) is 2.57. The number of anilines is 1. The van der Waals surface area contributed by atoms with E-state index in [1.807, 2.05) is 0 Å². The van der Waals surface area contributed by atoms with Gasteiger partial charge in [-0.05, 0) is 43.5 Å². The van der Waals surface area contributed by atoms with Crippen molar-refractivity contribution in [2.45, 2.75) is 51.2 Å². The Morgan fingerprint density at radius 1 is 1.26 bits per heavy atom. The quantitative estimate of drug-likeness (QED) is 0.418. The Labute approximate surface area is 194 Å². The van der Waals surface area contributed by atoms with Gasteiger partial charge in [-0.25, -0.2) is 0 Å². The van der Waals surface area contributed by atoms with E-state index in [1.165, 1.54) is 7.11 Å². The van der Waals surface area contributed by atoms with Gasteiger partial charge < -0.3 is 30.9 Å². The van der Waals surface area contributed by atoms with Gasteiger partial charge in [-0.15, -0.1) is 10.2 Å². The fraction of sp³-hybridized carbons (Fsp3) is 0.500. The number of phenols is 1. The van der Waals surface area contributed by atoms with Crippen molar-refractivity contribution in [2.24, 2.45) is 5.73 Å². The van der Waals surface area contributed by atoms with Gasteiger partial charge in [-0.3, -0.25) is 4.79 Å². The molecule has 1 aromatic carbocycles. The number of esters is 1. The maximum atomic E-state index is 13.2. The van der Waals surface area contributed by atoms with E-state index < -0.39 is 17.5 Å². The normalized spacial score (nSPS) is 18.5. The van der Waals surface area contributed by atoms with E-state index in [2.05, 4.69) is 20.8 Å². The van der Waals surface area contributed by atoms with Crippen LogP contribution >= 0.6 is 0 Å². The zero-order valence-corrected chi connectivity index (χ0v) is 18.9. The van der Waals surface area contributed by atoms with Crippen LogP contribution in [0.3, 0.4) is 0 Å². The third-order valence-electron chi connectivity index (χ3n) is 5.50. The molecule has 1 aromatic heterocycles. The number of benzene rings is 1. The van der Waals surface area contributed by atoms with Crippen molar-refractivity contribution >= 4 is 11.8 Å². The summed E-state index contributed by atoms with van der Waals surface area (Å²) in [4.78, 5) is 11.9. The third-order valence-corrected chi connectivity index (χ3v) is 5.50. The van der Waals surface area contributed by atoms with Gasteiger partial charge in [0.1, 0.15) is 11.8 Å². The monoisotopic (exact) mass is 483 g/mol. The standard InChI is InChI=1S/C22H28F3N5O4/c1-3-34-21(32)16-5-4-15(10-27-16)28-20-12(9-26)7-17(29-30-20)19-13(11-33-2)6-14(8-18(19)31)22(23,24)25/h6-8,15-16,27,31H,3-5,9-11,26H2,1-2H3,(H,28,30)/t15-,16+/m1/s1. The number of phenolic OH excluding ortho intramolecular Hbond substituents is 1. The number of carbonyl (C=O) groups excluding carboxylic acids is 1. The van der Waals surface area contributed by atoms with Crippen molar-refractivity contribution in [3.63, 3.8) is 0 Å². The fourth-order valence-corrected chi connectivity index (χ4v) is 3.86. The predicted molar refractivity (Wildman–Crippen MR) is 118 cm³/mol. The Morgan fingerprint density at radius 3 is 2.62 bits per heavy atom. The Hall–Kier alpha value is -2.96. The zero-order chi connectivity index (χ0) is 24.9. The summed E-state index contributed by atoms with van der Waals surface area (Å²) in [6, 6.07) is 2.75. The largest absolute Gasteiger partial charge is 0.507 e. The molecule has 5 N–H and O–H groups in total. The number of hydrogen-bond acceptors (Lipinski definition) is 9. The van der Waals surface area contributed by atoms with Gasteiger partial charge in [0.2, 0.25) is 0 Å². The maximum Gasteiger partial charge on any atom is 0.416 e. The Balaban J connectivity index is 1.83. The molecule has 34 heavy (non-hydrogen) atoms. The fourth-order valence-electron chi connectivity index (χ4n) is 3.86. The van der Waals surface area contributed by atoms with E-state index in [-0.39, 0.29) is 48.0 Å². The van der Waals surface area contributed by atoms with Crippen LogP contribution in [-0.4, -0.2) is 53.6 Å². The van der Waals surface area contributed by atoms with Gasteiger partial charge >= 0.3 is 12.1 Å². The van der Waals surface area contributed by atoms with Crippen LogP contribution < -0.4 is 16.4 Å². The number of nitrogens with two attached hydrogens (primary N) is 1. The van der Waals surface area contributed by atoms with E-state index in [9.17, 15) is 23.1 Å². The Bertz CT molecular complexity index is 1010. The van der Waals surface area contributed by atoms with Crippen LogP contribution in [0, 0.1) is 0 Å². The van der Waals surface area contributed by atoms with Gasteiger partial charge in [0.15, 0.2) is 5.82 Å². The molecule has 1 aliphatic rings. The first-order valence-corrected chi connectivity index (χ1v) is 10.8. The molecule has 9 nitrogen and oxygen atoms in total. The molecular weight excluding hydrogens is 455 g/mol. The maximum absolute atomic E-state index is 13.2. The molecular formula is C22H28F3N5O4. The number of alkyl halides is 3. The molecule has 186 valence electrons. The summed E-state index contributed by atoms with van der Waals surface area (Å²) >= 11 is 0. The lowest BCUT2D eigenvalue weighted by atomic mass is 9.98. The lowest BCUT2D eigenvalue weighted by Gasteiger charge is -2.29. The van der Waals surface area contributed by atoms with Crippen molar-refractivity contribution in [3.8, 4) is 17.0 Å². The van der Waals surface area contributed by atoms with Crippen LogP contribution in [0.4, 0.5) is 19.0 Å². The number of nitrogens with one attached hydrogen (secondary N) is 2. The second-order valence-corrected chi connectivity index (χ2v) is 7.90. The topological polar surface area (TPSA) is 132 Å². The minimum Gasteiger partial charge on any atom is -0.507 e. The molecule has 1 fully saturated rings. The number of aromatic nitrogens is 2. The molecule has 1 saturated heterocycles. The molecule has 0 aliphatic carbocycles. The highest BCUT2D eigenvalue weighted by molar-refractivity contribution is 5.76. The molecule has 0 amide bonds. The number of rotatable bonds is 8. The van der Waals surface area contributed by atoms with Crippen LogP contribution in [0.1, 0.15) is 36.5 Å². The minimum atomic E-state index is -4.62. The number of ether oxygens (including phenoxy) is 2. The van der Waals surface area contributed by atoms with E-state index in [0.717, 1.165) is 6.07 Å². The molecule has 2 aromatic rings. The highest BCUT2D eigenvalue weighted by Gasteiger charge is 2.33. The number of carbonyl (C=O) groups is 1. The summed E-state index contributed by atoms with van der Waals surface area (Å²) < 4.78 is 49.6. The van der Waals surface area contributed by atoms with Crippen LogP contribution in [-0.2, 0) is 33.6 Å². The van der Waals surface area contributed by atoms with Crippen molar-refractivity contribution in [3.05, 3.63) is 34.9 Å². The molecule has 0 radical (unpaired) electrons. The SMILES string of the molecule is CCOC(=O)[C@@H]1CC[C@@H](Nc2nnc(-c3c(O)cc(C(F)(F)F)cc3COC)cc2CN)CN1. The molecule has 0 saturated carbocycles. The van der Waals surface area contributed by atoms with Crippen LogP contribution in [0.15, 0.2) is 18.2 Å². The lowest BCUT2D eigenvalue weighted by Crippen LogP contribution is -2.49. The van der Waals surface area contributed by atoms with Crippen LogP contribution in [0.25, 0.3) is 11.3 Å². The van der Waals surface area contributed by atoms with E-state index in [4.69, 9.17) is 15.2 Å². The second kappa shape index (κ2) is 11.0. The van der Waals surface area contributed by atoms with E-state index in [1.54, 1.807) is 13.0 Å². The smallest absolute Gasteiger partial charge is 0.416 e. The number of methoxy groups -OCH3 is 1. The molecule has 1 aliphatic heterocycles. The zero-order valence-electron chi connectivity index (χ0n) is 18.9.